The molecule has 2 fully saturated rings. The van der Waals surface area contributed by atoms with Crippen LogP contribution in [0.15, 0.2) is 18.5 Å². The van der Waals surface area contributed by atoms with Crippen molar-refractivity contribution in [1.29, 1.82) is 0 Å². The van der Waals surface area contributed by atoms with E-state index in [1.54, 1.807) is 12.4 Å². The van der Waals surface area contributed by atoms with Crippen LogP contribution in [0.5, 0.6) is 5.75 Å². The maximum absolute atomic E-state index is 5.83. The van der Waals surface area contributed by atoms with Gasteiger partial charge in [0.2, 0.25) is 0 Å². The van der Waals surface area contributed by atoms with Crippen LogP contribution in [-0.4, -0.2) is 24.2 Å². The molecule has 0 amide bonds. The Bertz CT molecular complexity index is 371. The van der Waals surface area contributed by atoms with Crippen LogP contribution in [0.3, 0.4) is 0 Å². The van der Waals surface area contributed by atoms with Crippen LogP contribution in [0.25, 0.3) is 0 Å². The Morgan fingerprint density at radius 2 is 2.20 bits per heavy atom. The summed E-state index contributed by atoms with van der Waals surface area (Å²) in [7, 11) is 0. The van der Waals surface area contributed by atoms with Crippen molar-refractivity contribution in [1.82, 2.24) is 10.3 Å². The van der Waals surface area contributed by atoms with Crippen molar-refractivity contribution in [2.45, 2.75) is 18.9 Å². The zero-order valence-electron chi connectivity index (χ0n) is 8.37. The van der Waals surface area contributed by atoms with Gasteiger partial charge in [0.05, 0.1) is 11.2 Å². The first-order chi connectivity index (χ1) is 7.26. The molecule has 0 unspecified atom stereocenters. The van der Waals surface area contributed by atoms with E-state index in [0.29, 0.717) is 16.5 Å². The number of ether oxygens (including phenoxy) is 1. The van der Waals surface area contributed by atoms with Crippen LogP contribution in [0.4, 0.5) is 0 Å². The highest BCUT2D eigenvalue weighted by Crippen LogP contribution is 2.45. The SMILES string of the molecule is Clc1cncc(OC2CC3(CNC3)C2)c1. The number of halogens is 1. The zero-order valence-corrected chi connectivity index (χ0v) is 9.13. The molecule has 15 heavy (non-hydrogen) atoms. The minimum Gasteiger partial charge on any atom is -0.489 e. The lowest BCUT2D eigenvalue weighted by Gasteiger charge is -2.53. The summed E-state index contributed by atoms with van der Waals surface area (Å²) in [6, 6.07) is 1.82. The first-order valence-electron chi connectivity index (χ1n) is 5.24. The molecule has 1 saturated carbocycles. The lowest BCUT2D eigenvalue weighted by atomic mass is 9.63. The molecule has 0 atom stereocenters. The molecule has 2 heterocycles. The maximum Gasteiger partial charge on any atom is 0.139 e. The fourth-order valence-electron chi connectivity index (χ4n) is 2.41. The summed E-state index contributed by atoms with van der Waals surface area (Å²) in [6.07, 6.45) is 6.01. The second kappa shape index (κ2) is 3.35. The molecule has 1 aromatic rings. The Hall–Kier alpha value is -0.800. The van der Waals surface area contributed by atoms with E-state index >= 15 is 0 Å². The monoisotopic (exact) mass is 224 g/mol. The Balaban J connectivity index is 1.58. The molecule has 3 rings (SSSR count). The molecule has 1 N–H and O–H groups in total. The summed E-state index contributed by atoms with van der Waals surface area (Å²) < 4.78 is 5.79. The molecule has 2 aliphatic rings. The van der Waals surface area contributed by atoms with E-state index in [4.69, 9.17) is 16.3 Å². The molecule has 0 radical (unpaired) electrons. The summed E-state index contributed by atoms with van der Waals surface area (Å²) >= 11 is 5.83. The lowest BCUT2D eigenvalue weighted by Crippen LogP contribution is -2.62. The molecule has 1 aliphatic carbocycles. The largest absolute Gasteiger partial charge is 0.489 e. The highest BCUT2D eigenvalue weighted by molar-refractivity contribution is 6.30. The van der Waals surface area contributed by atoms with Crippen molar-refractivity contribution in [3.8, 4) is 5.75 Å². The molecular weight excluding hydrogens is 212 g/mol. The van der Waals surface area contributed by atoms with E-state index in [1.807, 2.05) is 6.07 Å². The van der Waals surface area contributed by atoms with Gasteiger partial charge >= 0.3 is 0 Å². The highest BCUT2D eigenvalue weighted by Gasteiger charge is 2.49. The Kier molecular flexibility index (Phi) is 2.11. The molecule has 0 bridgehead atoms. The van der Waals surface area contributed by atoms with Crippen LogP contribution >= 0.6 is 11.6 Å². The van der Waals surface area contributed by atoms with Gasteiger partial charge in [-0.15, -0.1) is 0 Å². The number of hydrogen-bond acceptors (Lipinski definition) is 3. The molecular formula is C11H13ClN2O. The minimum absolute atomic E-state index is 0.354. The van der Waals surface area contributed by atoms with E-state index in [-0.39, 0.29) is 0 Å². The van der Waals surface area contributed by atoms with E-state index in [1.165, 1.54) is 0 Å². The summed E-state index contributed by atoms with van der Waals surface area (Å²) in [4.78, 5) is 4.00. The van der Waals surface area contributed by atoms with Crippen molar-refractivity contribution < 1.29 is 4.74 Å². The zero-order chi connectivity index (χ0) is 10.3. The van der Waals surface area contributed by atoms with E-state index in [9.17, 15) is 0 Å². The van der Waals surface area contributed by atoms with Gasteiger partial charge in [-0.2, -0.15) is 0 Å². The van der Waals surface area contributed by atoms with Gasteiger partial charge in [-0.1, -0.05) is 11.6 Å². The smallest absolute Gasteiger partial charge is 0.139 e. The Morgan fingerprint density at radius 1 is 1.40 bits per heavy atom. The predicted octanol–water partition coefficient (Wildman–Crippen LogP) is 1.87. The molecule has 1 aromatic heterocycles. The molecule has 80 valence electrons. The minimum atomic E-state index is 0.354. The van der Waals surface area contributed by atoms with Crippen molar-refractivity contribution in [3.05, 3.63) is 23.5 Å². The molecule has 0 aromatic carbocycles. The van der Waals surface area contributed by atoms with Crippen molar-refractivity contribution in [3.63, 3.8) is 0 Å². The molecule has 1 saturated heterocycles. The molecule has 1 aliphatic heterocycles. The van der Waals surface area contributed by atoms with E-state index < -0.39 is 0 Å². The second-order valence-corrected chi connectivity index (χ2v) is 5.03. The van der Waals surface area contributed by atoms with Crippen LogP contribution in [0.1, 0.15) is 12.8 Å². The van der Waals surface area contributed by atoms with Gasteiger partial charge in [0.1, 0.15) is 11.9 Å². The first kappa shape index (κ1) is 9.43. The van der Waals surface area contributed by atoms with Gasteiger partial charge in [-0.3, -0.25) is 4.98 Å². The summed E-state index contributed by atoms with van der Waals surface area (Å²) in [5.41, 5.74) is 0.552. The van der Waals surface area contributed by atoms with Gasteiger partial charge in [0.15, 0.2) is 0 Å². The first-order valence-corrected chi connectivity index (χ1v) is 5.62. The van der Waals surface area contributed by atoms with Crippen LogP contribution in [-0.2, 0) is 0 Å². The lowest BCUT2D eigenvalue weighted by molar-refractivity contribution is -0.0496. The number of rotatable bonds is 2. The number of hydrogen-bond donors (Lipinski definition) is 1. The van der Waals surface area contributed by atoms with Crippen LogP contribution in [0, 0.1) is 5.41 Å². The number of nitrogens with zero attached hydrogens (tertiary/aromatic N) is 1. The normalized spacial score (nSPS) is 23.3. The number of pyridine rings is 1. The average molecular weight is 225 g/mol. The van der Waals surface area contributed by atoms with Gasteiger partial charge in [0.25, 0.3) is 0 Å². The van der Waals surface area contributed by atoms with Gasteiger partial charge in [-0.25, -0.2) is 0 Å². The quantitative estimate of drug-likeness (QED) is 0.833. The average Bonchev–Trinajstić information content (AvgIpc) is 2.07. The van der Waals surface area contributed by atoms with Gasteiger partial charge < -0.3 is 10.1 Å². The standard InChI is InChI=1S/C11H13ClN2O/c12-8-1-9(5-13-4-8)15-10-2-11(3-10)6-14-7-11/h1,4-5,10,14H,2-3,6-7H2. The Morgan fingerprint density at radius 3 is 2.80 bits per heavy atom. The molecule has 3 nitrogen and oxygen atoms in total. The van der Waals surface area contributed by atoms with Crippen molar-refractivity contribution in [2.75, 3.05) is 13.1 Å². The van der Waals surface area contributed by atoms with Crippen molar-refractivity contribution >= 4 is 11.6 Å². The van der Waals surface area contributed by atoms with Crippen LogP contribution < -0.4 is 10.1 Å². The highest BCUT2D eigenvalue weighted by atomic mass is 35.5. The van der Waals surface area contributed by atoms with Gasteiger partial charge in [0, 0.05) is 30.8 Å². The van der Waals surface area contributed by atoms with Crippen LogP contribution in [0.2, 0.25) is 5.02 Å². The topological polar surface area (TPSA) is 34.1 Å². The number of aromatic nitrogens is 1. The fraction of sp³-hybridized carbons (Fsp3) is 0.545. The van der Waals surface area contributed by atoms with Gasteiger partial charge in [-0.05, 0) is 12.8 Å². The summed E-state index contributed by atoms with van der Waals surface area (Å²) in [5.74, 6) is 0.787. The maximum atomic E-state index is 5.83. The molecule has 4 heteroatoms. The Labute approximate surface area is 93.8 Å². The number of nitrogens with one attached hydrogen (secondary N) is 1. The fourth-order valence-corrected chi connectivity index (χ4v) is 2.57. The third kappa shape index (κ3) is 1.70. The summed E-state index contributed by atoms with van der Waals surface area (Å²) in [6.45, 7) is 2.31. The molecule has 1 spiro atoms. The third-order valence-corrected chi connectivity index (χ3v) is 3.51. The van der Waals surface area contributed by atoms with E-state index in [2.05, 4.69) is 10.3 Å². The second-order valence-electron chi connectivity index (χ2n) is 4.59. The summed E-state index contributed by atoms with van der Waals surface area (Å²) in [5, 5.41) is 3.94. The third-order valence-electron chi connectivity index (χ3n) is 3.30. The predicted molar refractivity (Wildman–Crippen MR) is 58.2 cm³/mol. The van der Waals surface area contributed by atoms with Crippen molar-refractivity contribution in [2.24, 2.45) is 5.41 Å². The van der Waals surface area contributed by atoms with E-state index in [0.717, 1.165) is 31.7 Å².